The van der Waals surface area contributed by atoms with Crippen molar-refractivity contribution in [3.63, 3.8) is 0 Å². The van der Waals surface area contributed by atoms with Crippen LogP contribution in [-0.2, 0) is 9.59 Å². The molecular weight excluding hydrogens is 194 g/mol. The number of rotatable bonds is 5. The van der Waals surface area contributed by atoms with Gasteiger partial charge in [-0.05, 0) is 25.7 Å². The Hall–Kier alpha value is -1.06. The number of hydrogen-bond donors (Lipinski definition) is 2. The molecule has 1 fully saturated rings. The molecular formula is C11H19NO3. The number of carboxylic acid groups (broad SMARTS) is 1. The van der Waals surface area contributed by atoms with Crippen molar-refractivity contribution in [3.8, 4) is 0 Å². The smallest absolute Gasteiger partial charge is 0.305 e. The average Bonchev–Trinajstić information content (AvgIpc) is 2.81. The first-order chi connectivity index (χ1) is 6.88. The molecule has 0 radical (unpaired) electrons. The van der Waals surface area contributed by atoms with Gasteiger partial charge in [-0.25, -0.2) is 0 Å². The van der Waals surface area contributed by atoms with Crippen molar-refractivity contribution >= 4 is 11.9 Å². The Bertz CT molecular complexity index is 277. The van der Waals surface area contributed by atoms with Crippen LogP contribution in [0, 0.1) is 11.8 Å². The molecule has 1 aliphatic rings. The number of nitrogens with one attached hydrogen (secondary N) is 1. The molecule has 3 atom stereocenters. The van der Waals surface area contributed by atoms with E-state index in [1.54, 1.807) is 6.92 Å². The predicted octanol–water partition coefficient (Wildman–Crippen LogP) is 1.40. The molecule has 3 unspecified atom stereocenters. The monoisotopic (exact) mass is 213 g/mol. The Morgan fingerprint density at radius 3 is 2.40 bits per heavy atom. The molecule has 1 saturated carbocycles. The molecule has 86 valence electrons. The summed E-state index contributed by atoms with van der Waals surface area (Å²) in [5.41, 5.74) is -0.606. The van der Waals surface area contributed by atoms with Gasteiger partial charge < -0.3 is 10.4 Å². The van der Waals surface area contributed by atoms with Gasteiger partial charge in [0.15, 0.2) is 0 Å². The summed E-state index contributed by atoms with van der Waals surface area (Å²) in [5.74, 6) is -0.308. The molecule has 0 aromatic carbocycles. The summed E-state index contributed by atoms with van der Waals surface area (Å²) in [6, 6.07) is 0. The van der Waals surface area contributed by atoms with Crippen LogP contribution in [0.1, 0.15) is 40.0 Å². The molecule has 4 heteroatoms. The van der Waals surface area contributed by atoms with Crippen LogP contribution >= 0.6 is 0 Å². The number of carbonyl (C=O) groups is 2. The summed E-state index contributed by atoms with van der Waals surface area (Å²) in [7, 11) is 0. The maximum Gasteiger partial charge on any atom is 0.305 e. The Labute approximate surface area is 90.0 Å². The minimum absolute atomic E-state index is 0.00750. The minimum Gasteiger partial charge on any atom is -0.481 e. The maximum atomic E-state index is 11.7. The number of hydrogen-bond acceptors (Lipinski definition) is 2. The Morgan fingerprint density at radius 2 is 2.07 bits per heavy atom. The van der Waals surface area contributed by atoms with Crippen LogP contribution in [0.4, 0.5) is 0 Å². The van der Waals surface area contributed by atoms with E-state index in [0.29, 0.717) is 12.3 Å². The van der Waals surface area contributed by atoms with Gasteiger partial charge in [-0.2, -0.15) is 0 Å². The highest BCUT2D eigenvalue weighted by Gasteiger charge is 2.41. The van der Waals surface area contributed by atoms with Crippen molar-refractivity contribution in [1.82, 2.24) is 5.32 Å². The van der Waals surface area contributed by atoms with Crippen molar-refractivity contribution in [2.75, 3.05) is 0 Å². The third kappa shape index (κ3) is 3.22. The standard InChI is InChI=1S/C11H19NO3/c1-4-11(3,6-9(13)14)12-10(15)8-5-7(8)2/h7-8H,4-6H2,1-3H3,(H,12,15)(H,13,14). The third-order valence-electron chi connectivity index (χ3n) is 3.19. The molecule has 1 aliphatic carbocycles. The van der Waals surface area contributed by atoms with Crippen LogP contribution in [0.3, 0.4) is 0 Å². The molecule has 15 heavy (non-hydrogen) atoms. The minimum atomic E-state index is -0.872. The fourth-order valence-corrected chi connectivity index (χ4v) is 1.67. The van der Waals surface area contributed by atoms with E-state index in [-0.39, 0.29) is 18.2 Å². The van der Waals surface area contributed by atoms with Gasteiger partial charge in [0, 0.05) is 11.5 Å². The summed E-state index contributed by atoms with van der Waals surface area (Å²) in [6.07, 6.45) is 1.54. The van der Waals surface area contributed by atoms with Crippen molar-refractivity contribution in [1.29, 1.82) is 0 Å². The Balaban J connectivity index is 2.51. The topological polar surface area (TPSA) is 66.4 Å². The average molecular weight is 213 g/mol. The van der Waals surface area contributed by atoms with E-state index >= 15 is 0 Å². The van der Waals surface area contributed by atoms with Gasteiger partial charge in [0.1, 0.15) is 0 Å². The third-order valence-corrected chi connectivity index (χ3v) is 3.19. The Kier molecular flexibility index (Phi) is 3.37. The fourth-order valence-electron chi connectivity index (χ4n) is 1.67. The molecule has 0 bridgehead atoms. The van der Waals surface area contributed by atoms with Gasteiger partial charge in [-0.3, -0.25) is 9.59 Å². The van der Waals surface area contributed by atoms with Gasteiger partial charge in [-0.1, -0.05) is 13.8 Å². The highest BCUT2D eigenvalue weighted by Crippen LogP contribution is 2.38. The summed E-state index contributed by atoms with van der Waals surface area (Å²) in [5, 5.41) is 11.6. The highest BCUT2D eigenvalue weighted by atomic mass is 16.4. The maximum absolute atomic E-state index is 11.7. The molecule has 0 saturated heterocycles. The first-order valence-electron chi connectivity index (χ1n) is 5.42. The van der Waals surface area contributed by atoms with E-state index in [1.165, 1.54) is 0 Å². The molecule has 1 amide bonds. The van der Waals surface area contributed by atoms with Gasteiger partial charge in [-0.15, -0.1) is 0 Å². The molecule has 0 aromatic rings. The summed E-state index contributed by atoms with van der Waals surface area (Å²) in [6.45, 7) is 5.70. The summed E-state index contributed by atoms with van der Waals surface area (Å²) >= 11 is 0. The van der Waals surface area contributed by atoms with E-state index in [0.717, 1.165) is 6.42 Å². The van der Waals surface area contributed by atoms with Crippen LogP contribution in [0.15, 0.2) is 0 Å². The fraction of sp³-hybridized carbons (Fsp3) is 0.818. The zero-order valence-corrected chi connectivity index (χ0v) is 9.54. The van der Waals surface area contributed by atoms with E-state index < -0.39 is 11.5 Å². The van der Waals surface area contributed by atoms with Crippen LogP contribution in [0.5, 0.6) is 0 Å². The molecule has 0 heterocycles. The zero-order valence-electron chi connectivity index (χ0n) is 9.54. The van der Waals surface area contributed by atoms with Gasteiger partial charge >= 0.3 is 5.97 Å². The van der Waals surface area contributed by atoms with Gasteiger partial charge in [0.05, 0.1) is 6.42 Å². The van der Waals surface area contributed by atoms with Crippen molar-refractivity contribution in [2.45, 2.75) is 45.6 Å². The Morgan fingerprint density at radius 1 is 1.53 bits per heavy atom. The molecule has 4 nitrogen and oxygen atoms in total. The zero-order chi connectivity index (χ0) is 11.6. The van der Waals surface area contributed by atoms with Crippen LogP contribution in [0.2, 0.25) is 0 Å². The van der Waals surface area contributed by atoms with Gasteiger partial charge in [0.25, 0.3) is 0 Å². The van der Waals surface area contributed by atoms with Crippen molar-refractivity contribution in [3.05, 3.63) is 0 Å². The lowest BCUT2D eigenvalue weighted by Gasteiger charge is -2.28. The quantitative estimate of drug-likeness (QED) is 0.725. The molecule has 0 spiro atoms. The lowest BCUT2D eigenvalue weighted by Crippen LogP contribution is -2.47. The lowest BCUT2D eigenvalue weighted by atomic mass is 9.94. The van der Waals surface area contributed by atoms with Crippen LogP contribution < -0.4 is 5.32 Å². The number of amides is 1. The summed E-state index contributed by atoms with van der Waals surface area (Å²) < 4.78 is 0. The van der Waals surface area contributed by atoms with Crippen molar-refractivity contribution in [2.24, 2.45) is 11.8 Å². The summed E-state index contributed by atoms with van der Waals surface area (Å²) in [4.78, 5) is 22.3. The van der Waals surface area contributed by atoms with E-state index in [4.69, 9.17) is 5.11 Å². The second-order valence-corrected chi connectivity index (χ2v) is 4.79. The number of aliphatic carboxylic acids is 1. The largest absolute Gasteiger partial charge is 0.481 e. The first kappa shape index (κ1) is 12.0. The van der Waals surface area contributed by atoms with Gasteiger partial charge in [0.2, 0.25) is 5.91 Å². The predicted molar refractivity (Wildman–Crippen MR) is 56.4 cm³/mol. The SMILES string of the molecule is CCC(C)(CC(=O)O)NC(=O)C1CC1C. The highest BCUT2D eigenvalue weighted by molar-refractivity contribution is 5.82. The molecule has 0 aromatic heterocycles. The van der Waals surface area contributed by atoms with Crippen LogP contribution in [0.25, 0.3) is 0 Å². The van der Waals surface area contributed by atoms with E-state index in [2.05, 4.69) is 5.32 Å². The van der Waals surface area contributed by atoms with Crippen LogP contribution in [-0.4, -0.2) is 22.5 Å². The second-order valence-electron chi connectivity index (χ2n) is 4.79. The molecule has 1 rings (SSSR count). The normalized spacial score (nSPS) is 27.9. The second kappa shape index (κ2) is 4.21. The number of carboxylic acids is 1. The van der Waals surface area contributed by atoms with Crippen molar-refractivity contribution < 1.29 is 14.7 Å². The first-order valence-corrected chi connectivity index (χ1v) is 5.42. The molecule has 2 N–H and O–H groups in total. The lowest BCUT2D eigenvalue weighted by molar-refractivity contribution is -0.139. The van der Waals surface area contributed by atoms with E-state index in [9.17, 15) is 9.59 Å². The van der Waals surface area contributed by atoms with E-state index in [1.807, 2.05) is 13.8 Å². The number of carbonyl (C=O) groups excluding carboxylic acids is 1. The molecule has 0 aliphatic heterocycles.